The molecular formula is C21H30N2O3. The summed E-state index contributed by atoms with van der Waals surface area (Å²) >= 11 is 0. The molecule has 3 aliphatic rings. The van der Waals surface area contributed by atoms with Gasteiger partial charge in [0.05, 0.1) is 5.56 Å². The number of aromatic nitrogens is 1. The van der Waals surface area contributed by atoms with Crippen LogP contribution in [0.5, 0.6) is 0 Å². The van der Waals surface area contributed by atoms with Crippen LogP contribution >= 0.6 is 0 Å². The lowest BCUT2D eigenvalue weighted by atomic mass is 9.84. The van der Waals surface area contributed by atoms with E-state index in [1.807, 2.05) is 19.9 Å². The molecule has 1 N–H and O–H groups in total. The van der Waals surface area contributed by atoms with Gasteiger partial charge in [0.2, 0.25) is 0 Å². The van der Waals surface area contributed by atoms with Crippen LogP contribution < -0.4 is 5.32 Å². The number of aryl methyl sites for hydroxylation is 1. The summed E-state index contributed by atoms with van der Waals surface area (Å²) in [7, 11) is 0. The Morgan fingerprint density at radius 3 is 2.62 bits per heavy atom. The number of rotatable bonds is 6. The van der Waals surface area contributed by atoms with Gasteiger partial charge in [-0.05, 0) is 76.7 Å². The first kappa shape index (κ1) is 17.6. The van der Waals surface area contributed by atoms with E-state index in [2.05, 4.69) is 16.8 Å². The first-order chi connectivity index (χ1) is 12.4. The Hall–Kier alpha value is -1.78. The number of carbonyl (C=O) groups is 2. The highest BCUT2D eigenvalue weighted by Gasteiger charge is 2.42. The van der Waals surface area contributed by atoms with Crippen molar-refractivity contribution in [2.45, 2.75) is 71.4 Å². The van der Waals surface area contributed by atoms with Gasteiger partial charge in [0.15, 0.2) is 6.61 Å². The predicted octanol–water partition coefficient (Wildman–Crippen LogP) is 3.54. The lowest BCUT2D eigenvalue weighted by Crippen LogP contribution is -2.42. The zero-order valence-electron chi connectivity index (χ0n) is 16.1. The van der Waals surface area contributed by atoms with Gasteiger partial charge in [0.1, 0.15) is 0 Å². The van der Waals surface area contributed by atoms with Crippen molar-refractivity contribution in [3.8, 4) is 0 Å². The van der Waals surface area contributed by atoms with Crippen molar-refractivity contribution in [3.05, 3.63) is 23.0 Å². The Bertz CT molecular complexity index is 719. The molecule has 4 rings (SSSR count). The number of nitrogens with one attached hydrogen (secondary N) is 1. The van der Waals surface area contributed by atoms with Crippen molar-refractivity contribution in [2.75, 3.05) is 6.61 Å². The summed E-state index contributed by atoms with van der Waals surface area (Å²) in [6.07, 6.45) is 7.58. The van der Waals surface area contributed by atoms with Crippen LogP contribution in [0.15, 0.2) is 6.07 Å². The van der Waals surface area contributed by atoms with Gasteiger partial charge < -0.3 is 14.6 Å². The highest BCUT2D eigenvalue weighted by atomic mass is 16.5. The Morgan fingerprint density at radius 1 is 1.23 bits per heavy atom. The first-order valence-corrected chi connectivity index (χ1v) is 10.1. The minimum absolute atomic E-state index is 0.163. The lowest BCUT2D eigenvalue weighted by Gasteiger charge is -2.28. The third kappa shape index (κ3) is 3.28. The van der Waals surface area contributed by atoms with E-state index in [0.717, 1.165) is 23.2 Å². The van der Waals surface area contributed by atoms with Crippen LogP contribution in [-0.4, -0.2) is 29.1 Å². The summed E-state index contributed by atoms with van der Waals surface area (Å²) in [5, 5.41) is 3.05. The molecule has 4 atom stereocenters. The summed E-state index contributed by atoms with van der Waals surface area (Å²) in [6, 6.07) is 2.57. The van der Waals surface area contributed by atoms with E-state index >= 15 is 0 Å². The molecule has 26 heavy (non-hydrogen) atoms. The third-order valence-electron chi connectivity index (χ3n) is 6.77. The fraction of sp³-hybridized carbons (Fsp3) is 0.714. The van der Waals surface area contributed by atoms with Crippen molar-refractivity contribution < 1.29 is 14.3 Å². The molecule has 142 valence electrons. The van der Waals surface area contributed by atoms with E-state index in [1.54, 1.807) is 0 Å². The average molecular weight is 358 g/mol. The second kappa shape index (κ2) is 6.75. The summed E-state index contributed by atoms with van der Waals surface area (Å²) in [5.41, 5.74) is 2.63. The van der Waals surface area contributed by atoms with Gasteiger partial charge in [0.25, 0.3) is 5.91 Å². The fourth-order valence-corrected chi connectivity index (χ4v) is 5.40. The molecule has 1 aromatic heterocycles. The van der Waals surface area contributed by atoms with Gasteiger partial charge in [-0.15, -0.1) is 0 Å². The van der Waals surface area contributed by atoms with Crippen LogP contribution in [0.3, 0.4) is 0 Å². The Labute approximate surface area is 155 Å². The minimum atomic E-state index is -0.396. The van der Waals surface area contributed by atoms with E-state index in [9.17, 15) is 9.59 Å². The van der Waals surface area contributed by atoms with E-state index in [4.69, 9.17) is 4.74 Å². The van der Waals surface area contributed by atoms with Gasteiger partial charge in [-0.3, -0.25) is 4.79 Å². The predicted molar refractivity (Wildman–Crippen MR) is 99.0 cm³/mol. The van der Waals surface area contributed by atoms with Gasteiger partial charge in [-0.25, -0.2) is 4.79 Å². The summed E-state index contributed by atoms with van der Waals surface area (Å²) in [5.74, 6) is 1.64. The van der Waals surface area contributed by atoms with Crippen molar-refractivity contribution in [2.24, 2.45) is 17.8 Å². The molecule has 3 saturated carbocycles. The Morgan fingerprint density at radius 2 is 2.00 bits per heavy atom. The van der Waals surface area contributed by atoms with E-state index in [0.29, 0.717) is 17.5 Å². The number of ether oxygens (including phenoxy) is 1. The number of hydrogen-bond donors (Lipinski definition) is 1. The molecule has 1 amide bonds. The highest BCUT2D eigenvalue weighted by Crippen LogP contribution is 2.49. The van der Waals surface area contributed by atoms with Crippen molar-refractivity contribution in [1.29, 1.82) is 0 Å². The molecule has 3 aliphatic carbocycles. The van der Waals surface area contributed by atoms with Crippen LogP contribution in [0.25, 0.3) is 0 Å². The summed E-state index contributed by atoms with van der Waals surface area (Å²) in [6.45, 7) is 5.87. The third-order valence-corrected chi connectivity index (χ3v) is 6.77. The Balaban J connectivity index is 1.29. The van der Waals surface area contributed by atoms with E-state index < -0.39 is 5.97 Å². The minimum Gasteiger partial charge on any atom is -0.452 e. The number of nitrogens with zero attached hydrogens (tertiary/aromatic N) is 1. The molecular weight excluding hydrogens is 328 g/mol. The SMILES string of the molecule is Cc1cc(C(=O)OCC(=O)N[C@@H](C)[C@@H]2C[C@H]3CC[C@H]2C3)c(C)n1C1CC1. The smallest absolute Gasteiger partial charge is 0.340 e. The normalized spacial score (nSPS) is 28.2. The quantitative estimate of drug-likeness (QED) is 0.791. The highest BCUT2D eigenvalue weighted by molar-refractivity contribution is 5.92. The van der Waals surface area contributed by atoms with Crippen LogP contribution in [0.1, 0.15) is 73.2 Å². The molecule has 0 unspecified atom stereocenters. The van der Waals surface area contributed by atoms with Crippen LogP contribution in [0, 0.1) is 31.6 Å². The van der Waals surface area contributed by atoms with Gasteiger partial charge >= 0.3 is 5.97 Å². The maximum absolute atomic E-state index is 12.4. The van der Waals surface area contributed by atoms with Crippen LogP contribution in [0.4, 0.5) is 0 Å². The maximum Gasteiger partial charge on any atom is 0.340 e. The zero-order chi connectivity index (χ0) is 18.4. The standard InChI is InChI=1S/C21H30N2O3/c1-12-8-19(14(3)23(12)17-6-7-17)21(25)26-11-20(24)22-13(2)18-10-15-4-5-16(18)9-15/h8,13,15-18H,4-7,9-11H2,1-3H3,(H,22,24)/t13-,15-,16-,18-/m0/s1. The first-order valence-electron chi connectivity index (χ1n) is 10.1. The van der Waals surface area contributed by atoms with Crippen LogP contribution in [-0.2, 0) is 9.53 Å². The van der Waals surface area contributed by atoms with Gasteiger partial charge in [-0.1, -0.05) is 6.42 Å². The van der Waals surface area contributed by atoms with Crippen LogP contribution in [0.2, 0.25) is 0 Å². The molecule has 5 nitrogen and oxygen atoms in total. The molecule has 0 radical (unpaired) electrons. The molecule has 1 aromatic rings. The number of esters is 1. The molecule has 0 aliphatic heterocycles. The average Bonchev–Trinajstić information content (AvgIpc) is 3.08. The van der Waals surface area contributed by atoms with Crippen molar-refractivity contribution >= 4 is 11.9 Å². The molecule has 0 spiro atoms. The topological polar surface area (TPSA) is 60.3 Å². The van der Waals surface area contributed by atoms with E-state index in [1.165, 1.54) is 38.5 Å². The number of amides is 1. The maximum atomic E-state index is 12.4. The summed E-state index contributed by atoms with van der Waals surface area (Å²) < 4.78 is 7.52. The lowest BCUT2D eigenvalue weighted by molar-refractivity contribution is -0.125. The number of fused-ring (bicyclic) bond motifs is 2. The molecule has 2 bridgehead atoms. The van der Waals surface area contributed by atoms with Gasteiger partial charge in [-0.2, -0.15) is 0 Å². The fourth-order valence-electron chi connectivity index (χ4n) is 5.40. The number of hydrogen-bond acceptors (Lipinski definition) is 3. The molecule has 3 fully saturated rings. The van der Waals surface area contributed by atoms with Gasteiger partial charge in [0, 0.05) is 23.5 Å². The van der Waals surface area contributed by atoms with Crippen molar-refractivity contribution in [1.82, 2.24) is 9.88 Å². The molecule has 0 aromatic carbocycles. The molecule has 5 heteroatoms. The number of carbonyl (C=O) groups excluding carboxylic acids is 2. The molecule has 1 heterocycles. The second-order valence-electron chi connectivity index (χ2n) is 8.66. The summed E-state index contributed by atoms with van der Waals surface area (Å²) in [4.78, 5) is 24.6. The Kier molecular flexibility index (Phi) is 4.57. The zero-order valence-corrected chi connectivity index (χ0v) is 16.1. The van der Waals surface area contributed by atoms with E-state index in [-0.39, 0.29) is 18.6 Å². The second-order valence-corrected chi connectivity index (χ2v) is 8.66. The molecule has 0 saturated heterocycles. The van der Waals surface area contributed by atoms with Crippen molar-refractivity contribution in [3.63, 3.8) is 0 Å². The monoisotopic (exact) mass is 358 g/mol. The largest absolute Gasteiger partial charge is 0.452 e.